The molecule has 2 fully saturated rings. The van der Waals surface area contributed by atoms with Crippen LogP contribution in [0.4, 0.5) is 4.39 Å². The van der Waals surface area contributed by atoms with E-state index in [4.69, 9.17) is 0 Å². The number of hydrogen-bond acceptors (Lipinski definition) is 7. The first-order chi connectivity index (χ1) is 14.3. The van der Waals surface area contributed by atoms with E-state index in [1.54, 1.807) is 4.90 Å². The van der Waals surface area contributed by atoms with Crippen molar-refractivity contribution in [1.82, 2.24) is 20.9 Å². The van der Waals surface area contributed by atoms with Crippen molar-refractivity contribution in [3.63, 3.8) is 0 Å². The van der Waals surface area contributed by atoms with Crippen LogP contribution in [0.2, 0.25) is 0 Å². The van der Waals surface area contributed by atoms with Gasteiger partial charge in [0, 0.05) is 31.6 Å². The Labute approximate surface area is 169 Å². The molecule has 0 spiro atoms. The number of carbonyl (C=O) groups is 5. The summed E-state index contributed by atoms with van der Waals surface area (Å²) in [7, 11) is 0. The summed E-state index contributed by atoms with van der Waals surface area (Å²) in [5.41, 5.74) is -0.217. The van der Waals surface area contributed by atoms with Crippen molar-refractivity contribution in [2.45, 2.75) is 24.8 Å². The van der Waals surface area contributed by atoms with E-state index < -0.39 is 47.4 Å². The summed E-state index contributed by atoms with van der Waals surface area (Å²) in [4.78, 5) is 61.8. The van der Waals surface area contributed by atoms with E-state index in [-0.39, 0.29) is 48.2 Å². The monoisotopic (exact) mass is 418 g/mol. The number of piperazine rings is 1. The summed E-state index contributed by atoms with van der Waals surface area (Å²) in [6.07, 6.45) is 0.0482. The summed E-state index contributed by atoms with van der Waals surface area (Å²) in [6, 6.07) is 0.178. The zero-order valence-corrected chi connectivity index (χ0v) is 15.8. The minimum Gasteiger partial charge on any atom is -0.480 e. The predicted molar refractivity (Wildman–Crippen MR) is 98.1 cm³/mol. The number of carboxylic acids is 1. The zero-order chi connectivity index (χ0) is 21.6. The lowest BCUT2D eigenvalue weighted by molar-refractivity contribution is -0.139. The molecule has 4 amide bonds. The van der Waals surface area contributed by atoms with Crippen LogP contribution in [-0.2, 0) is 14.4 Å². The van der Waals surface area contributed by atoms with Gasteiger partial charge < -0.3 is 10.4 Å². The van der Waals surface area contributed by atoms with E-state index in [1.807, 2.05) is 0 Å². The number of amides is 4. The Hall–Kier alpha value is -3.18. The summed E-state index contributed by atoms with van der Waals surface area (Å²) >= 11 is 0. The van der Waals surface area contributed by atoms with Gasteiger partial charge in [0.05, 0.1) is 29.6 Å². The molecule has 0 aliphatic carbocycles. The SMILES string of the molecule is O=C(O)CN1CCNCC1c1c(F)cc2c(c1C1CCC(=O)NC1=O)C(=O)NC2=O. The minimum absolute atomic E-state index is 0.00143. The third-order valence-electron chi connectivity index (χ3n) is 5.67. The standard InChI is InChI=1S/C19H19FN4O6/c20-10-5-9-15(19(30)23-18(9)29)14(8-1-2-12(25)22-17(8)28)16(10)11-6-21-3-4-24(11)7-13(26)27/h5,8,11,21H,1-4,6-7H2,(H,26,27)(H,22,25,28)(H,23,29,30). The second-order valence-electron chi connectivity index (χ2n) is 7.48. The average molecular weight is 418 g/mol. The normalized spacial score (nSPS) is 24.4. The molecule has 158 valence electrons. The van der Waals surface area contributed by atoms with Crippen LogP contribution in [0.1, 0.15) is 56.6 Å². The summed E-state index contributed by atoms with van der Waals surface area (Å²) in [5.74, 6) is -5.59. The molecule has 0 aromatic heterocycles. The summed E-state index contributed by atoms with van der Waals surface area (Å²) in [6.45, 7) is 0.637. The second kappa shape index (κ2) is 7.58. The van der Waals surface area contributed by atoms with Crippen LogP contribution in [-0.4, -0.2) is 65.8 Å². The lowest BCUT2D eigenvalue weighted by atomic mass is 9.80. The van der Waals surface area contributed by atoms with Crippen LogP contribution in [0.3, 0.4) is 0 Å². The molecule has 10 nitrogen and oxygen atoms in total. The van der Waals surface area contributed by atoms with E-state index in [0.29, 0.717) is 13.1 Å². The van der Waals surface area contributed by atoms with Gasteiger partial charge in [0.2, 0.25) is 11.8 Å². The van der Waals surface area contributed by atoms with Crippen molar-refractivity contribution in [2.24, 2.45) is 0 Å². The molecule has 3 aliphatic heterocycles. The number of hydrogen-bond donors (Lipinski definition) is 4. The Kier molecular flexibility index (Phi) is 5.08. The molecule has 11 heteroatoms. The number of fused-ring (bicyclic) bond motifs is 1. The lowest BCUT2D eigenvalue weighted by Gasteiger charge is -2.38. The van der Waals surface area contributed by atoms with Gasteiger partial charge in [-0.15, -0.1) is 0 Å². The summed E-state index contributed by atoms with van der Waals surface area (Å²) in [5, 5.41) is 16.6. The van der Waals surface area contributed by atoms with Crippen LogP contribution in [0.5, 0.6) is 0 Å². The molecular formula is C19H19FN4O6. The van der Waals surface area contributed by atoms with Gasteiger partial charge in [0.15, 0.2) is 0 Å². The van der Waals surface area contributed by atoms with Crippen LogP contribution in [0.15, 0.2) is 6.07 Å². The van der Waals surface area contributed by atoms with Gasteiger partial charge in [-0.05, 0) is 18.1 Å². The van der Waals surface area contributed by atoms with Crippen LogP contribution >= 0.6 is 0 Å². The fraction of sp³-hybridized carbons (Fsp3) is 0.421. The van der Waals surface area contributed by atoms with Crippen molar-refractivity contribution in [2.75, 3.05) is 26.2 Å². The van der Waals surface area contributed by atoms with Gasteiger partial charge in [-0.3, -0.25) is 39.5 Å². The topological polar surface area (TPSA) is 145 Å². The van der Waals surface area contributed by atoms with Crippen molar-refractivity contribution in [3.05, 3.63) is 34.1 Å². The second-order valence-corrected chi connectivity index (χ2v) is 7.48. The highest BCUT2D eigenvalue weighted by Gasteiger charge is 2.42. The molecular weight excluding hydrogens is 399 g/mol. The Morgan fingerprint density at radius 3 is 2.63 bits per heavy atom. The van der Waals surface area contributed by atoms with Gasteiger partial charge in [0.25, 0.3) is 11.8 Å². The number of rotatable bonds is 4. The van der Waals surface area contributed by atoms with Crippen molar-refractivity contribution in [3.8, 4) is 0 Å². The van der Waals surface area contributed by atoms with Crippen LogP contribution < -0.4 is 16.0 Å². The third kappa shape index (κ3) is 3.35. The van der Waals surface area contributed by atoms with E-state index in [9.17, 15) is 29.1 Å². The number of nitrogens with zero attached hydrogens (tertiary/aromatic N) is 1. The lowest BCUT2D eigenvalue weighted by Crippen LogP contribution is -2.49. The van der Waals surface area contributed by atoms with Crippen molar-refractivity contribution >= 4 is 29.6 Å². The van der Waals surface area contributed by atoms with Gasteiger partial charge in [0.1, 0.15) is 5.82 Å². The largest absolute Gasteiger partial charge is 0.480 e. The highest BCUT2D eigenvalue weighted by molar-refractivity contribution is 6.23. The molecule has 0 saturated carbocycles. The van der Waals surface area contributed by atoms with Gasteiger partial charge in [-0.25, -0.2) is 4.39 Å². The van der Waals surface area contributed by atoms with E-state index in [2.05, 4.69) is 16.0 Å². The maximum atomic E-state index is 15.4. The highest BCUT2D eigenvalue weighted by atomic mass is 19.1. The average Bonchev–Trinajstić information content (AvgIpc) is 2.95. The molecule has 1 aromatic carbocycles. The first kappa shape index (κ1) is 20.1. The molecule has 0 bridgehead atoms. The Morgan fingerprint density at radius 2 is 1.93 bits per heavy atom. The van der Waals surface area contributed by atoms with Gasteiger partial charge in [-0.2, -0.15) is 0 Å². The molecule has 2 atom stereocenters. The maximum Gasteiger partial charge on any atom is 0.317 e. The molecule has 4 rings (SSSR count). The van der Waals surface area contributed by atoms with Gasteiger partial charge >= 0.3 is 5.97 Å². The van der Waals surface area contributed by atoms with Crippen molar-refractivity contribution < 1.29 is 33.5 Å². The molecule has 30 heavy (non-hydrogen) atoms. The highest BCUT2D eigenvalue weighted by Crippen LogP contribution is 2.40. The molecule has 2 unspecified atom stereocenters. The predicted octanol–water partition coefficient (Wildman–Crippen LogP) is -0.740. The molecule has 4 N–H and O–H groups in total. The van der Waals surface area contributed by atoms with Gasteiger partial charge in [-0.1, -0.05) is 0 Å². The number of carbonyl (C=O) groups excluding carboxylic acids is 4. The smallest absolute Gasteiger partial charge is 0.317 e. The Balaban J connectivity index is 1.92. The molecule has 3 aliphatic rings. The first-order valence-corrected chi connectivity index (χ1v) is 9.50. The van der Waals surface area contributed by atoms with Crippen LogP contribution in [0.25, 0.3) is 0 Å². The quantitative estimate of drug-likeness (QED) is 0.468. The summed E-state index contributed by atoms with van der Waals surface area (Å²) < 4.78 is 15.4. The van der Waals surface area contributed by atoms with E-state index >= 15 is 4.39 Å². The molecule has 3 heterocycles. The number of halogens is 1. The maximum absolute atomic E-state index is 15.4. The number of benzene rings is 1. The molecule has 1 aromatic rings. The van der Waals surface area contributed by atoms with Crippen LogP contribution in [0, 0.1) is 5.82 Å². The Morgan fingerprint density at radius 1 is 1.17 bits per heavy atom. The zero-order valence-electron chi connectivity index (χ0n) is 15.8. The molecule has 0 radical (unpaired) electrons. The first-order valence-electron chi connectivity index (χ1n) is 9.50. The van der Waals surface area contributed by atoms with E-state index in [1.165, 1.54) is 0 Å². The Bertz CT molecular complexity index is 994. The molecule has 2 saturated heterocycles. The number of nitrogens with one attached hydrogen (secondary N) is 3. The fourth-order valence-electron chi connectivity index (χ4n) is 4.41. The number of aliphatic carboxylic acids is 1. The van der Waals surface area contributed by atoms with E-state index in [0.717, 1.165) is 6.07 Å². The number of imide groups is 2. The fourth-order valence-corrected chi connectivity index (χ4v) is 4.41. The minimum atomic E-state index is -1.10. The third-order valence-corrected chi connectivity index (χ3v) is 5.67. The van der Waals surface area contributed by atoms with Crippen molar-refractivity contribution in [1.29, 1.82) is 0 Å². The number of piperidine rings is 1. The number of carboxylic acid groups (broad SMARTS) is 1.